The van der Waals surface area contributed by atoms with Crippen LogP contribution < -0.4 is 15.0 Å². The summed E-state index contributed by atoms with van der Waals surface area (Å²) in [5.74, 6) is 1.08. The molecule has 3 heterocycles. The van der Waals surface area contributed by atoms with Crippen LogP contribution in [0, 0.1) is 0 Å². The van der Waals surface area contributed by atoms with E-state index >= 15 is 0 Å². The topological polar surface area (TPSA) is 126 Å². The van der Waals surface area contributed by atoms with E-state index in [9.17, 15) is 13.2 Å². The number of nitrogens with zero attached hydrogens (tertiary/aromatic N) is 7. The molecule has 1 amide bonds. The number of hydrogen-bond donors (Lipinski definition) is 1. The van der Waals surface area contributed by atoms with E-state index in [1.807, 2.05) is 11.0 Å². The Morgan fingerprint density at radius 2 is 2.00 bits per heavy atom. The highest BCUT2D eigenvalue weighted by atomic mass is 35.5. The Labute approximate surface area is 231 Å². The van der Waals surface area contributed by atoms with Crippen LogP contribution in [-0.4, -0.2) is 89.3 Å². The van der Waals surface area contributed by atoms with E-state index in [0.29, 0.717) is 29.1 Å². The summed E-state index contributed by atoms with van der Waals surface area (Å²) in [6.45, 7) is 0.851. The highest BCUT2D eigenvalue weighted by Crippen LogP contribution is 2.27. The molecular weight excluding hydrogens is 555 g/mol. The lowest BCUT2D eigenvalue weighted by atomic mass is 10.1. The molecular formula is C23H28Cl2N8O4S. The van der Waals surface area contributed by atoms with Crippen molar-refractivity contribution < 1.29 is 17.9 Å². The van der Waals surface area contributed by atoms with E-state index < -0.39 is 16.3 Å². The van der Waals surface area contributed by atoms with Crippen molar-refractivity contribution in [3.05, 3.63) is 58.7 Å². The summed E-state index contributed by atoms with van der Waals surface area (Å²) in [7, 11) is 0.802. The maximum Gasteiger partial charge on any atom is 0.281 e. The van der Waals surface area contributed by atoms with E-state index in [1.165, 1.54) is 25.5 Å². The molecule has 1 unspecified atom stereocenters. The number of anilines is 1. The number of piperazine rings is 1. The summed E-state index contributed by atoms with van der Waals surface area (Å²) in [5.41, 5.74) is 0.800. The van der Waals surface area contributed by atoms with Crippen LogP contribution in [0.15, 0.2) is 43.0 Å². The minimum atomic E-state index is -3.68. The van der Waals surface area contributed by atoms with Gasteiger partial charge >= 0.3 is 0 Å². The van der Waals surface area contributed by atoms with Gasteiger partial charge in [0.25, 0.3) is 10.2 Å². The normalized spacial score (nSPS) is 16.6. The molecule has 12 nitrogen and oxygen atoms in total. The van der Waals surface area contributed by atoms with Crippen molar-refractivity contribution in [1.29, 1.82) is 0 Å². The van der Waals surface area contributed by atoms with E-state index in [1.54, 1.807) is 41.5 Å². The fourth-order valence-corrected chi connectivity index (χ4v) is 5.67. The predicted molar refractivity (Wildman–Crippen MR) is 144 cm³/mol. The molecule has 0 bridgehead atoms. The zero-order valence-corrected chi connectivity index (χ0v) is 23.4. The Bertz CT molecular complexity index is 1390. The van der Waals surface area contributed by atoms with Crippen LogP contribution in [-0.2, 0) is 21.5 Å². The number of carbonyl (C=O) groups is 1. The Balaban J connectivity index is 1.56. The number of methoxy groups -OCH3 is 1. The molecule has 204 valence electrons. The van der Waals surface area contributed by atoms with E-state index in [0.717, 1.165) is 9.87 Å². The molecule has 1 aliphatic heterocycles. The van der Waals surface area contributed by atoms with Crippen molar-refractivity contribution >= 4 is 45.1 Å². The predicted octanol–water partition coefficient (Wildman–Crippen LogP) is 1.98. The number of imidazole rings is 1. The van der Waals surface area contributed by atoms with E-state index in [-0.39, 0.29) is 37.1 Å². The largest absolute Gasteiger partial charge is 0.495 e. The van der Waals surface area contributed by atoms with Gasteiger partial charge in [0.15, 0.2) is 0 Å². The Hall–Kier alpha value is -2.97. The zero-order valence-electron chi connectivity index (χ0n) is 21.1. The van der Waals surface area contributed by atoms with Gasteiger partial charge in [0, 0.05) is 65.2 Å². The molecule has 0 saturated carbocycles. The fraction of sp³-hybridized carbons (Fsp3) is 0.391. The maximum absolute atomic E-state index is 13.0. The fourth-order valence-electron chi connectivity index (χ4n) is 4.08. The van der Waals surface area contributed by atoms with Gasteiger partial charge in [-0.2, -0.15) is 22.0 Å². The minimum absolute atomic E-state index is 0.0192. The molecule has 0 radical (unpaired) electrons. The molecule has 15 heteroatoms. The molecule has 1 N–H and O–H groups in total. The molecule has 1 fully saturated rings. The van der Waals surface area contributed by atoms with E-state index in [2.05, 4.69) is 20.3 Å². The quantitative estimate of drug-likeness (QED) is 0.379. The number of amides is 1. The van der Waals surface area contributed by atoms with Gasteiger partial charge in [0.05, 0.1) is 18.2 Å². The minimum Gasteiger partial charge on any atom is -0.495 e. The third-order valence-corrected chi connectivity index (χ3v) is 8.46. The Morgan fingerprint density at radius 1 is 1.21 bits per heavy atom. The first-order valence-corrected chi connectivity index (χ1v) is 13.8. The van der Waals surface area contributed by atoms with Gasteiger partial charge in [-0.3, -0.25) is 9.36 Å². The molecule has 38 heavy (non-hydrogen) atoms. The number of carbonyl (C=O) groups excluding carboxylic acids is 1. The lowest BCUT2D eigenvalue weighted by Crippen LogP contribution is -2.58. The van der Waals surface area contributed by atoms with Crippen LogP contribution in [0.1, 0.15) is 12.0 Å². The van der Waals surface area contributed by atoms with Gasteiger partial charge in [-0.15, -0.1) is 0 Å². The third kappa shape index (κ3) is 6.35. The van der Waals surface area contributed by atoms with Gasteiger partial charge < -0.3 is 15.0 Å². The first-order valence-electron chi connectivity index (χ1n) is 11.6. The molecule has 1 atom stereocenters. The van der Waals surface area contributed by atoms with Crippen molar-refractivity contribution in [1.82, 2.24) is 33.4 Å². The molecule has 0 aliphatic carbocycles. The summed E-state index contributed by atoms with van der Waals surface area (Å²) in [6.07, 6.45) is 4.85. The molecule has 0 spiro atoms. The van der Waals surface area contributed by atoms with Crippen molar-refractivity contribution in [3.63, 3.8) is 0 Å². The molecule has 4 rings (SSSR count). The smallest absolute Gasteiger partial charge is 0.281 e. The van der Waals surface area contributed by atoms with Crippen molar-refractivity contribution in [2.75, 3.05) is 45.7 Å². The second-order valence-corrected chi connectivity index (χ2v) is 11.7. The van der Waals surface area contributed by atoms with Crippen LogP contribution in [0.3, 0.4) is 0 Å². The SMILES string of the molecule is COc1ccc(CNC(=O)CC2CN(S(=O)(=O)N(C)C)CCN2c2cc(Cl)nc(-n3ccnc3)n2)cc1Cl. The number of rotatable bonds is 9. The van der Waals surface area contributed by atoms with Gasteiger partial charge in [-0.25, -0.2) is 9.97 Å². The van der Waals surface area contributed by atoms with Gasteiger partial charge in [-0.05, 0) is 17.7 Å². The number of nitrogens with one attached hydrogen (secondary N) is 1. The number of aromatic nitrogens is 4. The van der Waals surface area contributed by atoms with Crippen molar-refractivity contribution in [2.45, 2.75) is 19.0 Å². The summed E-state index contributed by atoms with van der Waals surface area (Å²) in [5, 5.41) is 3.54. The maximum atomic E-state index is 13.0. The van der Waals surface area contributed by atoms with Crippen LogP contribution in [0.5, 0.6) is 5.75 Å². The van der Waals surface area contributed by atoms with Gasteiger partial charge in [0.2, 0.25) is 11.9 Å². The number of ether oxygens (including phenoxy) is 1. The highest BCUT2D eigenvalue weighted by molar-refractivity contribution is 7.86. The van der Waals surface area contributed by atoms with Gasteiger partial charge in [0.1, 0.15) is 23.0 Å². The third-order valence-electron chi connectivity index (χ3n) is 6.06. The first kappa shape index (κ1) is 28.0. The average Bonchev–Trinajstić information content (AvgIpc) is 3.42. The number of benzene rings is 1. The van der Waals surface area contributed by atoms with Gasteiger partial charge in [-0.1, -0.05) is 29.3 Å². The lowest BCUT2D eigenvalue weighted by Gasteiger charge is -2.41. The Morgan fingerprint density at radius 3 is 2.66 bits per heavy atom. The standard InChI is InChI=1S/C23H28Cl2N8O4S/c1-30(2)38(35,36)32-8-9-33(21-12-20(25)28-23(29-21)31-7-6-26-15-31)17(14-32)11-22(34)27-13-16-4-5-19(37-3)18(24)10-16/h4-7,10,12,15,17H,8-9,11,13-14H2,1-3H3,(H,27,34). The monoisotopic (exact) mass is 582 g/mol. The van der Waals surface area contributed by atoms with E-state index in [4.69, 9.17) is 27.9 Å². The molecule has 3 aromatic rings. The average molecular weight is 584 g/mol. The Kier molecular flexibility index (Phi) is 8.73. The lowest BCUT2D eigenvalue weighted by molar-refractivity contribution is -0.121. The summed E-state index contributed by atoms with van der Waals surface area (Å²) in [4.78, 5) is 27.8. The van der Waals surface area contributed by atoms with Crippen LogP contribution in [0.25, 0.3) is 5.95 Å². The number of halogens is 2. The van der Waals surface area contributed by atoms with Crippen molar-refractivity contribution in [2.24, 2.45) is 0 Å². The summed E-state index contributed by atoms with van der Waals surface area (Å²) < 4.78 is 35.0. The van der Waals surface area contributed by atoms with Crippen LogP contribution in [0.2, 0.25) is 10.2 Å². The van der Waals surface area contributed by atoms with Crippen molar-refractivity contribution in [3.8, 4) is 11.7 Å². The van der Waals surface area contributed by atoms with Crippen LogP contribution >= 0.6 is 23.2 Å². The molecule has 1 aliphatic rings. The van der Waals surface area contributed by atoms with Crippen LogP contribution in [0.4, 0.5) is 5.82 Å². The molecule has 1 aromatic carbocycles. The second-order valence-electron chi connectivity index (χ2n) is 8.76. The highest BCUT2D eigenvalue weighted by Gasteiger charge is 2.36. The first-order chi connectivity index (χ1) is 18.1. The zero-order chi connectivity index (χ0) is 27.4. The molecule has 1 saturated heterocycles. The second kappa shape index (κ2) is 11.8. The molecule has 2 aromatic heterocycles. The summed E-state index contributed by atoms with van der Waals surface area (Å²) in [6, 6.07) is 6.35. The summed E-state index contributed by atoms with van der Waals surface area (Å²) >= 11 is 12.5. The number of hydrogen-bond acceptors (Lipinski definition) is 8.